The third-order valence-corrected chi connectivity index (χ3v) is 4.44. The minimum Gasteiger partial charge on any atom is -0.393 e. The van der Waals surface area contributed by atoms with Gasteiger partial charge in [-0.05, 0) is 47.7 Å². The van der Waals surface area contributed by atoms with Crippen LogP contribution in [0.3, 0.4) is 0 Å². The second-order valence-corrected chi connectivity index (χ2v) is 6.34. The van der Waals surface area contributed by atoms with E-state index in [0.717, 1.165) is 29.7 Å². The maximum Gasteiger partial charge on any atom is 0.416 e. The maximum absolute atomic E-state index is 12.5. The number of carbonyl (C=O) groups excluding carboxylic acids is 1. The van der Waals surface area contributed by atoms with Crippen LogP contribution in [0.15, 0.2) is 42.5 Å². The summed E-state index contributed by atoms with van der Waals surface area (Å²) in [5.74, 6) is 0. The lowest BCUT2D eigenvalue weighted by Gasteiger charge is -2.23. The van der Waals surface area contributed by atoms with Gasteiger partial charge in [-0.2, -0.15) is 13.2 Å². The van der Waals surface area contributed by atoms with Crippen molar-refractivity contribution in [1.82, 2.24) is 5.32 Å². The van der Waals surface area contributed by atoms with Crippen molar-refractivity contribution in [2.75, 3.05) is 5.32 Å². The van der Waals surface area contributed by atoms with Crippen molar-refractivity contribution in [3.8, 4) is 0 Å². The second kappa shape index (κ2) is 7.37. The van der Waals surface area contributed by atoms with Crippen LogP contribution in [0.25, 0.3) is 0 Å². The summed E-state index contributed by atoms with van der Waals surface area (Å²) in [6, 6.07) is 9.81. The molecule has 0 saturated carbocycles. The van der Waals surface area contributed by atoms with Gasteiger partial charge < -0.3 is 15.7 Å². The molecular formula is C19H19F3N2O2. The van der Waals surface area contributed by atoms with Crippen molar-refractivity contribution in [1.29, 1.82) is 0 Å². The lowest BCUT2D eigenvalue weighted by atomic mass is 9.88. The first-order valence-electron chi connectivity index (χ1n) is 8.33. The SMILES string of the molecule is O=C(NCc1ccc(C(F)(F)F)cc1)Nc1cccc2c1CC(O)CC2. The number of alkyl halides is 3. The molecule has 0 saturated heterocycles. The summed E-state index contributed by atoms with van der Waals surface area (Å²) in [7, 11) is 0. The monoisotopic (exact) mass is 364 g/mol. The number of hydrogen-bond donors (Lipinski definition) is 3. The number of amides is 2. The van der Waals surface area contributed by atoms with Gasteiger partial charge >= 0.3 is 12.2 Å². The first-order chi connectivity index (χ1) is 12.3. The Morgan fingerprint density at radius 1 is 1.15 bits per heavy atom. The second-order valence-electron chi connectivity index (χ2n) is 6.34. The molecule has 2 amide bonds. The van der Waals surface area contributed by atoms with E-state index in [1.807, 2.05) is 12.1 Å². The van der Waals surface area contributed by atoms with Crippen LogP contribution in [-0.4, -0.2) is 17.2 Å². The molecule has 0 bridgehead atoms. The van der Waals surface area contributed by atoms with Crippen LogP contribution >= 0.6 is 0 Å². The molecule has 2 aromatic rings. The van der Waals surface area contributed by atoms with Crippen LogP contribution in [-0.2, 0) is 25.6 Å². The molecule has 1 unspecified atom stereocenters. The quantitative estimate of drug-likeness (QED) is 0.774. The predicted molar refractivity (Wildman–Crippen MR) is 91.8 cm³/mol. The van der Waals surface area contributed by atoms with Crippen molar-refractivity contribution in [3.05, 3.63) is 64.7 Å². The molecule has 4 nitrogen and oxygen atoms in total. The number of hydrogen-bond acceptors (Lipinski definition) is 2. The third-order valence-electron chi connectivity index (χ3n) is 4.44. The fraction of sp³-hybridized carbons (Fsp3) is 0.316. The molecule has 3 rings (SSSR count). The van der Waals surface area contributed by atoms with E-state index < -0.39 is 23.9 Å². The van der Waals surface area contributed by atoms with Gasteiger partial charge in [-0.3, -0.25) is 0 Å². The van der Waals surface area contributed by atoms with Gasteiger partial charge in [0.2, 0.25) is 0 Å². The van der Waals surface area contributed by atoms with E-state index in [4.69, 9.17) is 0 Å². The van der Waals surface area contributed by atoms with Crippen molar-refractivity contribution in [3.63, 3.8) is 0 Å². The average molecular weight is 364 g/mol. The number of fused-ring (bicyclic) bond motifs is 1. The zero-order valence-electron chi connectivity index (χ0n) is 13.9. The van der Waals surface area contributed by atoms with Crippen molar-refractivity contribution < 1.29 is 23.1 Å². The maximum atomic E-state index is 12.5. The summed E-state index contributed by atoms with van der Waals surface area (Å²) in [5.41, 5.74) is 2.52. The molecule has 0 aliphatic heterocycles. The summed E-state index contributed by atoms with van der Waals surface area (Å²) in [6.45, 7) is 0.113. The van der Waals surface area contributed by atoms with Gasteiger partial charge in [-0.25, -0.2) is 4.79 Å². The number of benzene rings is 2. The van der Waals surface area contributed by atoms with Crippen LogP contribution in [0.4, 0.5) is 23.7 Å². The molecule has 26 heavy (non-hydrogen) atoms. The molecule has 138 valence electrons. The molecule has 0 spiro atoms. The van der Waals surface area contributed by atoms with E-state index in [1.165, 1.54) is 12.1 Å². The number of urea groups is 1. The Balaban J connectivity index is 1.60. The van der Waals surface area contributed by atoms with Gasteiger partial charge in [-0.15, -0.1) is 0 Å². The first-order valence-corrected chi connectivity index (χ1v) is 8.33. The van der Waals surface area contributed by atoms with Crippen LogP contribution in [0.2, 0.25) is 0 Å². The molecule has 1 aliphatic rings. The predicted octanol–water partition coefficient (Wildman–Crippen LogP) is 3.88. The van der Waals surface area contributed by atoms with Crippen LogP contribution in [0.5, 0.6) is 0 Å². The van der Waals surface area contributed by atoms with Gasteiger partial charge in [0.05, 0.1) is 11.7 Å². The Morgan fingerprint density at radius 3 is 2.58 bits per heavy atom. The third kappa shape index (κ3) is 4.35. The summed E-state index contributed by atoms with van der Waals surface area (Å²) >= 11 is 0. The smallest absolute Gasteiger partial charge is 0.393 e. The number of carbonyl (C=O) groups is 1. The van der Waals surface area contributed by atoms with Crippen LogP contribution in [0, 0.1) is 0 Å². The number of rotatable bonds is 3. The highest BCUT2D eigenvalue weighted by Crippen LogP contribution is 2.29. The Bertz CT molecular complexity index is 788. The summed E-state index contributed by atoms with van der Waals surface area (Å²) in [5, 5.41) is 15.2. The van der Waals surface area contributed by atoms with Crippen molar-refractivity contribution >= 4 is 11.7 Å². The van der Waals surface area contributed by atoms with E-state index >= 15 is 0 Å². The average Bonchev–Trinajstić information content (AvgIpc) is 2.60. The first kappa shape index (κ1) is 18.3. The van der Waals surface area contributed by atoms with Gasteiger partial charge in [-0.1, -0.05) is 24.3 Å². The van der Waals surface area contributed by atoms with Crippen molar-refractivity contribution in [2.45, 2.75) is 38.1 Å². The minimum absolute atomic E-state index is 0.113. The summed E-state index contributed by atoms with van der Waals surface area (Å²) in [4.78, 5) is 12.1. The Morgan fingerprint density at radius 2 is 1.88 bits per heavy atom. The number of nitrogens with one attached hydrogen (secondary N) is 2. The lowest BCUT2D eigenvalue weighted by molar-refractivity contribution is -0.137. The van der Waals surface area contributed by atoms with E-state index in [1.54, 1.807) is 6.07 Å². The highest BCUT2D eigenvalue weighted by molar-refractivity contribution is 5.90. The van der Waals surface area contributed by atoms with Gasteiger partial charge in [0, 0.05) is 18.7 Å². The zero-order chi connectivity index (χ0) is 18.7. The highest BCUT2D eigenvalue weighted by Gasteiger charge is 2.29. The normalized spacial score (nSPS) is 16.7. The number of halogens is 3. The molecule has 2 aromatic carbocycles. The lowest BCUT2D eigenvalue weighted by Crippen LogP contribution is -2.29. The largest absolute Gasteiger partial charge is 0.416 e. The molecular weight excluding hydrogens is 345 g/mol. The van der Waals surface area contributed by atoms with Crippen molar-refractivity contribution in [2.24, 2.45) is 0 Å². The topological polar surface area (TPSA) is 61.4 Å². The van der Waals surface area contributed by atoms with E-state index in [9.17, 15) is 23.1 Å². The number of aliphatic hydroxyl groups excluding tert-OH is 1. The van der Waals surface area contributed by atoms with Crippen LogP contribution in [0.1, 0.15) is 28.7 Å². The molecule has 0 radical (unpaired) electrons. The van der Waals surface area contributed by atoms with Gasteiger partial charge in [0.1, 0.15) is 0 Å². The van der Waals surface area contributed by atoms with Gasteiger partial charge in [0.15, 0.2) is 0 Å². The number of anilines is 1. The van der Waals surface area contributed by atoms with Crippen LogP contribution < -0.4 is 10.6 Å². The molecule has 1 atom stereocenters. The molecule has 3 N–H and O–H groups in total. The van der Waals surface area contributed by atoms with Gasteiger partial charge in [0.25, 0.3) is 0 Å². The van der Waals surface area contributed by atoms with E-state index in [-0.39, 0.29) is 6.54 Å². The molecule has 0 heterocycles. The zero-order valence-corrected chi connectivity index (χ0v) is 13.9. The molecule has 0 aromatic heterocycles. The molecule has 1 aliphatic carbocycles. The minimum atomic E-state index is -4.37. The standard InChI is InChI=1S/C19H19F3N2O2/c20-19(21,22)14-7-4-12(5-8-14)11-23-18(26)24-17-3-1-2-13-6-9-15(25)10-16(13)17/h1-5,7-8,15,25H,6,9-11H2,(H2,23,24,26). The fourth-order valence-electron chi connectivity index (χ4n) is 3.05. The van der Waals surface area contributed by atoms with E-state index in [2.05, 4.69) is 10.6 Å². The number of aliphatic hydroxyl groups is 1. The Labute approximate surface area is 149 Å². The molecule has 0 fully saturated rings. The number of aryl methyl sites for hydroxylation is 1. The summed E-state index contributed by atoms with van der Waals surface area (Å²) in [6.07, 6.45) is -2.83. The summed E-state index contributed by atoms with van der Waals surface area (Å²) < 4.78 is 37.6. The highest BCUT2D eigenvalue weighted by atomic mass is 19.4. The van der Waals surface area contributed by atoms with E-state index in [0.29, 0.717) is 24.1 Å². The molecule has 7 heteroatoms. The Kier molecular flexibility index (Phi) is 5.18. The fourth-order valence-corrected chi connectivity index (χ4v) is 3.05. The Hall–Kier alpha value is -2.54.